The van der Waals surface area contributed by atoms with E-state index in [1.807, 2.05) is 0 Å². The van der Waals surface area contributed by atoms with E-state index in [0.717, 1.165) is 11.5 Å². The molecule has 3 nitrogen and oxygen atoms in total. The maximum atomic E-state index is 6.16. The summed E-state index contributed by atoms with van der Waals surface area (Å²) < 4.78 is 6.16. The Morgan fingerprint density at radius 1 is 1.04 bits per heavy atom. The number of likely N-dealkylation sites (N-methyl/N-ethyl adjacent to an activating group) is 1. The van der Waals surface area contributed by atoms with Gasteiger partial charge in [0.05, 0.1) is 6.04 Å². The first-order chi connectivity index (χ1) is 12.3. The lowest BCUT2D eigenvalue weighted by molar-refractivity contribution is 0.184. The number of hydrogen-bond donors (Lipinski definition) is 0. The summed E-state index contributed by atoms with van der Waals surface area (Å²) in [6.45, 7) is 5.91. The number of nitrogens with zero attached hydrogens (tertiary/aromatic N) is 2. The summed E-state index contributed by atoms with van der Waals surface area (Å²) in [5.74, 6) is 2.00. The predicted molar refractivity (Wildman–Crippen MR) is 102 cm³/mol. The van der Waals surface area contributed by atoms with E-state index in [-0.39, 0.29) is 6.04 Å². The third kappa shape index (κ3) is 3.19. The van der Waals surface area contributed by atoms with Gasteiger partial charge < -0.3 is 9.64 Å². The second-order valence-electron chi connectivity index (χ2n) is 7.34. The minimum absolute atomic E-state index is 0.275. The average molecular weight is 336 g/mol. The zero-order valence-electron chi connectivity index (χ0n) is 15.3. The molecule has 0 aliphatic carbocycles. The van der Waals surface area contributed by atoms with Crippen LogP contribution in [0.5, 0.6) is 11.5 Å². The van der Waals surface area contributed by atoms with E-state index in [0.29, 0.717) is 6.04 Å². The van der Waals surface area contributed by atoms with E-state index in [9.17, 15) is 0 Å². The Balaban J connectivity index is 1.61. The molecule has 0 bridgehead atoms. The Kier molecular flexibility index (Phi) is 4.78. The Bertz CT molecular complexity index is 684. The van der Waals surface area contributed by atoms with Gasteiger partial charge in [-0.05, 0) is 45.1 Å². The van der Waals surface area contributed by atoms with Gasteiger partial charge in [-0.25, -0.2) is 0 Å². The highest BCUT2D eigenvalue weighted by atomic mass is 16.5. The number of ether oxygens (including phenoxy) is 1. The quantitative estimate of drug-likeness (QED) is 0.788. The molecule has 2 aromatic carbocycles. The van der Waals surface area contributed by atoms with Crippen LogP contribution in [0.25, 0.3) is 0 Å². The summed E-state index contributed by atoms with van der Waals surface area (Å²) in [6.07, 6.45) is 3.83. The van der Waals surface area contributed by atoms with Gasteiger partial charge in [-0.1, -0.05) is 49.7 Å². The van der Waals surface area contributed by atoms with Crippen LogP contribution in [0.3, 0.4) is 0 Å². The van der Waals surface area contributed by atoms with Crippen LogP contribution in [-0.4, -0.2) is 42.5 Å². The summed E-state index contributed by atoms with van der Waals surface area (Å²) in [4.78, 5) is 5.20. The lowest BCUT2D eigenvalue weighted by atomic mass is 9.92. The molecule has 2 aliphatic rings. The highest BCUT2D eigenvalue weighted by Crippen LogP contribution is 2.46. The Morgan fingerprint density at radius 3 is 2.32 bits per heavy atom. The van der Waals surface area contributed by atoms with Crippen LogP contribution in [-0.2, 0) is 0 Å². The minimum Gasteiger partial charge on any atom is -0.457 e. The largest absolute Gasteiger partial charge is 0.457 e. The fourth-order valence-electron chi connectivity index (χ4n) is 4.26. The molecule has 0 amide bonds. The molecule has 3 heteroatoms. The van der Waals surface area contributed by atoms with Crippen molar-refractivity contribution in [2.45, 2.75) is 38.3 Å². The van der Waals surface area contributed by atoms with Crippen LogP contribution in [0.15, 0.2) is 48.5 Å². The van der Waals surface area contributed by atoms with Crippen molar-refractivity contribution < 1.29 is 4.74 Å². The second-order valence-corrected chi connectivity index (χ2v) is 7.34. The third-order valence-electron chi connectivity index (χ3n) is 5.71. The summed E-state index contributed by atoms with van der Waals surface area (Å²) >= 11 is 0. The number of fused-ring (bicyclic) bond motifs is 2. The summed E-state index contributed by atoms with van der Waals surface area (Å²) in [7, 11) is 2.29. The van der Waals surface area contributed by atoms with Gasteiger partial charge in [-0.15, -0.1) is 0 Å². The number of likely N-dealkylation sites (tertiary alicyclic amines) is 1. The van der Waals surface area contributed by atoms with E-state index in [1.165, 1.54) is 50.0 Å². The smallest absolute Gasteiger partial charge is 0.132 e. The maximum Gasteiger partial charge on any atom is 0.132 e. The van der Waals surface area contributed by atoms with Crippen LogP contribution in [0.1, 0.15) is 43.4 Å². The first kappa shape index (κ1) is 16.6. The lowest BCUT2D eigenvalue weighted by Crippen LogP contribution is -2.39. The highest BCUT2D eigenvalue weighted by molar-refractivity contribution is 5.53. The van der Waals surface area contributed by atoms with Crippen molar-refractivity contribution in [3.63, 3.8) is 0 Å². The number of benzene rings is 2. The van der Waals surface area contributed by atoms with Gasteiger partial charge in [0.25, 0.3) is 0 Å². The molecule has 0 radical (unpaired) electrons. The van der Waals surface area contributed by atoms with Gasteiger partial charge in [0.15, 0.2) is 0 Å². The first-order valence-corrected chi connectivity index (χ1v) is 9.58. The van der Waals surface area contributed by atoms with E-state index >= 15 is 0 Å². The zero-order chi connectivity index (χ0) is 17.2. The molecule has 4 rings (SSSR count). The fourth-order valence-corrected chi connectivity index (χ4v) is 4.26. The standard InChI is InChI=1S/C22H28N2O/c1-3-4-14-24-15-13-17(16-24)23(2)22-18-9-5-7-11-20(18)25-21-12-8-6-10-19(21)22/h5-12,17,22H,3-4,13-16H2,1-2H3. The van der Waals surface area contributed by atoms with Gasteiger partial charge in [0.2, 0.25) is 0 Å². The Labute approximate surface area is 151 Å². The van der Waals surface area contributed by atoms with Gasteiger partial charge in [-0.2, -0.15) is 0 Å². The van der Waals surface area contributed by atoms with E-state index < -0.39 is 0 Å². The van der Waals surface area contributed by atoms with Crippen molar-refractivity contribution >= 4 is 0 Å². The van der Waals surface area contributed by atoms with Crippen molar-refractivity contribution in [3.8, 4) is 11.5 Å². The van der Waals surface area contributed by atoms with Crippen LogP contribution in [0.4, 0.5) is 0 Å². The molecule has 1 fully saturated rings. The molecule has 2 heterocycles. The first-order valence-electron chi connectivity index (χ1n) is 9.58. The average Bonchev–Trinajstić information content (AvgIpc) is 3.13. The molecular formula is C22H28N2O. The van der Waals surface area contributed by atoms with Gasteiger partial charge in [0.1, 0.15) is 11.5 Å². The van der Waals surface area contributed by atoms with E-state index in [1.54, 1.807) is 0 Å². The molecule has 0 spiro atoms. The predicted octanol–water partition coefficient (Wildman–Crippen LogP) is 4.69. The van der Waals surface area contributed by atoms with Gasteiger partial charge >= 0.3 is 0 Å². The van der Waals surface area contributed by atoms with Crippen molar-refractivity contribution in [2.24, 2.45) is 0 Å². The van der Waals surface area contributed by atoms with Crippen molar-refractivity contribution in [1.29, 1.82) is 0 Å². The Hall–Kier alpha value is -1.84. The van der Waals surface area contributed by atoms with Crippen molar-refractivity contribution in [1.82, 2.24) is 9.80 Å². The number of hydrogen-bond acceptors (Lipinski definition) is 3. The summed E-state index contributed by atoms with van der Waals surface area (Å²) in [6, 6.07) is 17.9. The van der Waals surface area contributed by atoms with Crippen LogP contribution in [0.2, 0.25) is 0 Å². The molecular weight excluding hydrogens is 308 g/mol. The third-order valence-corrected chi connectivity index (χ3v) is 5.71. The SMILES string of the molecule is CCCCN1CCC(N(C)C2c3ccccc3Oc3ccccc32)C1. The molecule has 0 saturated carbocycles. The topological polar surface area (TPSA) is 15.7 Å². The number of unbranched alkanes of at least 4 members (excludes halogenated alkanes) is 1. The monoisotopic (exact) mass is 336 g/mol. The molecule has 25 heavy (non-hydrogen) atoms. The van der Waals surface area contributed by atoms with E-state index in [4.69, 9.17) is 4.74 Å². The van der Waals surface area contributed by atoms with E-state index in [2.05, 4.69) is 72.3 Å². The molecule has 1 unspecified atom stereocenters. The number of para-hydroxylation sites is 2. The fraction of sp³-hybridized carbons (Fsp3) is 0.455. The zero-order valence-corrected chi connectivity index (χ0v) is 15.3. The van der Waals surface area contributed by atoms with Crippen molar-refractivity contribution in [2.75, 3.05) is 26.7 Å². The number of rotatable bonds is 5. The maximum absolute atomic E-state index is 6.16. The molecule has 2 aromatic rings. The summed E-state index contributed by atoms with van der Waals surface area (Å²) in [5.41, 5.74) is 2.58. The molecule has 1 atom stereocenters. The van der Waals surface area contributed by atoms with Crippen LogP contribution in [0, 0.1) is 0 Å². The second kappa shape index (κ2) is 7.19. The molecule has 132 valence electrons. The minimum atomic E-state index is 0.275. The normalized spacial score (nSPS) is 20.4. The molecule has 1 saturated heterocycles. The lowest BCUT2D eigenvalue weighted by Gasteiger charge is -2.37. The highest BCUT2D eigenvalue weighted by Gasteiger charge is 2.35. The Morgan fingerprint density at radius 2 is 1.68 bits per heavy atom. The molecule has 2 aliphatic heterocycles. The van der Waals surface area contributed by atoms with Crippen LogP contribution < -0.4 is 4.74 Å². The van der Waals surface area contributed by atoms with Gasteiger partial charge in [0, 0.05) is 23.7 Å². The van der Waals surface area contributed by atoms with Crippen molar-refractivity contribution in [3.05, 3.63) is 59.7 Å². The van der Waals surface area contributed by atoms with Crippen LogP contribution >= 0.6 is 0 Å². The molecule has 0 N–H and O–H groups in total. The summed E-state index contributed by atoms with van der Waals surface area (Å²) in [5, 5.41) is 0. The molecule has 0 aromatic heterocycles. The van der Waals surface area contributed by atoms with Gasteiger partial charge in [-0.3, -0.25) is 4.90 Å².